The molecule has 0 unspecified atom stereocenters. The van der Waals surface area contributed by atoms with Crippen LogP contribution in [0.3, 0.4) is 0 Å². The summed E-state index contributed by atoms with van der Waals surface area (Å²) in [5.74, 6) is -0.630. The molecule has 0 aliphatic carbocycles. The topological polar surface area (TPSA) is 34.0 Å². The third kappa shape index (κ3) is 8.95. The number of anilines is 3. The Hall–Kier alpha value is -8.94. The molecule has 366 valence electrons. The highest BCUT2D eigenvalue weighted by Gasteiger charge is 2.31. The number of benzene rings is 10. The molecule has 0 fully saturated rings. The predicted molar refractivity (Wildman–Crippen MR) is 284 cm³/mol. The summed E-state index contributed by atoms with van der Waals surface area (Å²) in [6.07, 6.45) is -8.97. The number of halogens is 8. The smallest absolute Gasteiger partial charge is 0.309 e. The van der Waals surface area contributed by atoms with Crippen LogP contribution in [0.2, 0.25) is 0 Å². The molecule has 12 rings (SSSR count). The first kappa shape index (κ1) is 47.1. The lowest BCUT2D eigenvalue weighted by atomic mass is 9.99. The molecule has 13 heteroatoms. The van der Waals surface area contributed by atoms with E-state index in [-0.39, 0.29) is 11.6 Å². The van der Waals surface area contributed by atoms with Crippen molar-refractivity contribution in [2.24, 2.45) is 0 Å². The van der Waals surface area contributed by atoms with Crippen molar-refractivity contribution in [3.8, 4) is 61.3 Å². The molecule has 2 aromatic heterocycles. The van der Waals surface area contributed by atoms with E-state index in [4.69, 9.17) is 8.75 Å². The van der Waals surface area contributed by atoms with Gasteiger partial charge in [-0.1, -0.05) is 97.1 Å². The summed E-state index contributed by atoms with van der Waals surface area (Å²) >= 11 is 1.10. The molecular weight excluding hydrogens is 985 g/mol. The van der Waals surface area contributed by atoms with Crippen molar-refractivity contribution in [2.75, 3.05) is 4.90 Å². The highest BCUT2D eigenvalue weighted by Crippen LogP contribution is 2.44. The van der Waals surface area contributed by atoms with Gasteiger partial charge in [-0.15, -0.1) is 0 Å². The zero-order chi connectivity index (χ0) is 51.6. The van der Waals surface area contributed by atoms with Crippen molar-refractivity contribution in [1.82, 2.24) is 13.3 Å². The molecule has 0 aliphatic heterocycles. The van der Waals surface area contributed by atoms with Gasteiger partial charge in [-0.25, -0.2) is 8.78 Å². The van der Waals surface area contributed by atoms with E-state index in [1.165, 1.54) is 48.5 Å². The molecule has 0 spiro atoms. The van der Waals surface area contributed by atoms with Crippen LogP contribution < -0.4 is 4.90 Å². The van der Waals surface area contributed by atoms with E-state index >= 15 is 0 Å². The number of nitrogens with zero attached hydrogens (tertiary/aromatic N) is 4. The normalized spacial score (nSPS) is 12.0. The van der Waals surface area contributed by atoms with Gasteiger partial charge in [-0.2, -0.15) is 35.1 Å². The number of alkyl halides is 6. The molecule has 0 saturated carbocycles. The standard InChI is InChI=1S/C62H36F8N4S/c63-48-21-5-37(6-22-48)39-9-25-50(26-10-39)73(51-27-11-40(12-28-51)38-7-23-49(64)24-8-38)58-34-31-53(59-60(58)72-75-71-59)43-13-29-52(30-14-43)74-56-32-15-44(41-1-17-46(18-2-41)61(65,66)67)35-54(56)55-36-45(16-33-57(55)74)42-3-19-47(20-4-42)62(68,69)70/h1-36H. The lowest BCUT2D eigenvalue weighted by molar-refractivity contribution is -0.138. The Morgan fingerprint density at radius 2 is 0.720 bits per heavy atom. The molecule has 0 radical (unpaired) electrons. The fourth-order valence-electron chi connectivity index (χ4n) is 9.74. The Labute approximate surface area is 428 Å². The van der Waals surface area contributed by atoms with Gasteiger partial charge < -0.3 is 9.47 Å². The van der Waals surface area contributed by atoms with Crippen LogP contribution in [0.15, 0.2) is 218 Å². The number of fused-ring (bicyclic) bond motifs is 4. The highest BCUT2D eigenvalue weighted by molar-refractivity contribution is 7.00. The molecule has 0 N–H and O–H groups in total. The molecule has 2 heterocycles. The van der Waals surface area contributed by atoms with Crippen LogP contribution in [0.4, 0.5) is 52.2 Å². The molecule has 12 aromatic rings. The SMILES string of the molecule is Fc1ccc(-c2ccc(N(c3ccc(-c4ccc(F)cc4)cc3)c3ccc(-c4ccc(-n5c6ccc(-c7ccc(C(F)(F)F)cc7)cc6c6cc(-c7ccc(C(F)(F)F)cc7)ccc65)cc4)c4nsnc34)cc2)cc1. The van der Waals surface area contributed by atoms with Crippen LogP contribution in [-0.2, 0) is 12.4 Å². The minimum absolute atomic E-state index is 0.315. The predicted octanol–water partition coefficient (Wildman–Crippen LogP) is 18.9. The monoisotopic (exact) mass is 1020 g/mol. The van der Waals surface area contributed by atoms with E-state index in [2.05, 4.69) is 9.47 Å². The fourth-order valence-corrected chi connectivity index (χ4v) is 10.3. The van der Waals surface area contributed by atoms with Gasteiger partial charge in [0.1, 0.15) is 22.7 Å². The van der Waals surface area contributed by atoms with Crippen molar-refractivity contribution in [3.05, 3.63) is 241 Å². The summed E-state index contributed by atoms with van der Waals surface area (Å²) in [5.41, 5.74) is 12.6. The zero-order valence-corrected chi connectivity index (χ0v) is 39.8. The van der Waals surface area contributed by atoms with Crippen LogP contribution >= 0.6 is 11.7 Å². The molecule has 0 amide bonds. The summed E-state index contributed by atoms with van der Waals surface area (Å²) in [5, 5.41) is 1.59. The van der Waals surface area contributed by atoms with E-state index in [1.807, 2.05) is 121 Å². The number of rotatable bonds is 9. The Morgan fingerprint density at radius 1 is 0.360 bits per heavy atom. The third-order valence-corrected chi connectivity index (χ3v) is 14.1. The third-order valence-electron chi connectivity index (χ3n) is 13.5. The van der Waals surface area contributed by atoms with Crippen LogP contribution in [0.25, 0.3) is 94.2 Å². The number of hydrogen-bond donors (Lipinski definition) is 0. The number of aromatic nitrogens is 3. The Bertz CT molecular complexity index is 3850. The molecule has 10 aromatic carbocycles. The van der Waals surface area contributed by atoms with Gasteiger partial charge in [-0.3, -0.25) is 0 Å². The lowest BCUT2D eigenvalue weighted by Gasteiger charge is -2.26. The van der Waals surface area contributed by atoms with Gasteiger partial charge in [0, 0.05) is 33.4 Å². The van der Waals surface area contributed by atoms with Gasteiger partial charge in [0.2, 0.25) is 0 Å². The molecule has 0 saturated heterocycles. The van der Waals surface area contributed by atoms with Gasteiger partial charge in [0.15, 0.2) is 0 Å². The van der Waals surface area contributed by atoms with E-state index in [9.17, 15) is 35.1 Å². The average molecular weight is 1020 g/mol. The summed E-state index contributed by atoms with van der Waals surface area (Å²) in [6.45, 7) is 0. The minimum atomic E-state index is -4.49. The quantitative estimate of drug-likeness (QED) is 0.135. The Kier molecular flexibility index (Phi) is 11.6. The highest BCUT2D eigenvalue weighted by atomic mass is 32.1. The van der Waals surface area contributed by atoms with Crippen molar-refractivity contribution < 1.29 is 35.1 Å². The second kappa shape index (κ2) is 18.5. The van der Waals surface area contributed by atoms with Crippen LogP contribution in [0.5, 0.6) is 0 Å². The maximum atomic E-state index is 13.8. The van der Waals surface area contributed by atoms with Gasteiger partial charge >= 0.3 is 12.4 Å². The number of hydrogen-bond acceptors (Lipinski definition) is 4. The maximum Gasteiger partial charge on any atom is 0.416 e. The Morgan fingerprint density at radius 3 is 1.15 bits per heavy atom. The molecule has 0 aliphatic rings. The second-order valence-corrected chi connectivity index (χ2v) is 18.6. The first-order valence-corrected chi connectivity index (χ1v) is 24.3. The van der Waals surface area contributed by atoms with Gasteiger partial charge in [0.25, 0.3) is 0 Å². The van der Waals surface area contributed by atoms with Crippen LogP contribution in [-0.4, -0.2) is 13.3 Å². The Balaban J connectivity index is 0.931. The van der Waals surface area contributed by atoms with Gasteiger partial charge in [-0.05, 0) is 171 Å². The average Bonchev–Trinajstić information content (AvgIpc) is 4.08. The van der Waals surface area contributed by atoms with Crippen LogP contribution in [0, 0.1) is 11.6 Å². The second-order valence-electron chi connectivity index (χ2n) is 18.0. The summed E-state index contributed by atoms with van der Waals surface area (Å²) in [4.78, 5) is 2.10. The lowest BCUT2D eigenvalue weighted by Crippen LogP contribution is -2.10. The molecule has 0 atom stereocenters. The van der Waals surface area contributed by atoms with Crippen molar-refractivity contribution in [2.45, 2.75) is 12.4 Å². The summed E-state index contributed by atoms with van der Waals surface area (Å²) in [6, 6.07) is 62.1. The van der Waals surface area contributed by atoms with Crippen LogP contribution in [0.1, 0.15) is 11.1 Å². The van der Waals surface area contributed by atoms with E-state index in [1.54, 1.807) is 24.3 Å². The van der Waals surface area contributed by atoms with E-state index in [0.717, 1.165) is 114 Å². The largest absolute Gasteiger partial charge is 0.416 e. The minimum Gasteiger partial charge on any atom is -0.309 e. The van der Waals surface area contributed by atoms with Crippen molar-refractivity contribution in [1.29, 1.82) is 0 Å². The zero-order valence-electron chi connectivity index (χ0n) is 39.0. The molecule has 75 heavy (non-hydrogen) atoms. The summed E-state index contributed by atoms with van der Waals surface area (Å²) < 4.78 is 120. The first-order valence-electron chi connectivity index (χ1n) is 23.6. The molecular formula is C62H36F8N4S. The maximum absolute atomic E-state index is 13.8. The molecule has 0 bridgehead atoms. The fraction of sp³-hybridized carbons (Fsp3) is 0.0323. The van der Waals surface area contributed by atoms with E-state index in [0.29, 0.717) is 33.3 Å². The molecule has 4 nitrogen and oxygen atoms in total. The first-order chi connectivity index (χ1) is 36.2. The van der Waals surface area contributed by atoms with E-state index < -0.39 is 23.5 Å². The van der Waals surface area contributed by atoms with Gasteiger partial charge in [0.05, 0.1) is 39.6 Å². The van der Waals surface area contributed by atoms with Crippen molar-refractivity contribution in [3.63, 3.8) is 0 Å². The van der Waals surface area contributed by atoms with Crippen molar-refractivity contribution >= 4 is 61.6 Å². The summed E-state index contributed by atoms with van der Waals surface area (Å²) in [7, 11) is 0.